The third kappa shape index (κ3) is 3.22. The second-order valence-electron chi connectivity index (χ2n) is 5.95. The quantitative estimate of drug-likeness (QED) is 0.824. The third-order valence-electron chi connectivity index (χ3n) is 4.38. The van der Waals surface area contributed by atoms with Crippen LogP contribution in [0.25, 0.3) is 0 Å². The van der Waals surface area contributed by atoms with E-state index in [1.54, 1.807) is 18.3 Å². The predicted octanol–water partition coefficient (Wildman–Crippen LogP) is 2.47. The summed E-state index contributed by atoms with van der Waals surface area (Å²) in [5.74, 6) is 1.95. The van der Waals surface area contributed by atoms with E-state index >= 15 is 0 Å². The molecule has 4 rings (SSSR count). The molecule has 130 valence electrons. The summed E-state index contributed by atoms with van der Waals surface area (Å²) in [7, 11) is 0. The number of fused-ring (bicyclic) bond motifs is 1. The minimum atomic E-state index is -0.0421. The third-order valence-corrected chi connectivity index (χ3v) is 4.66. The van der Waals surface area contributed by atoms with Crippen LogP contribution >= 0.6 is 11.6 Å². The second kappa shape index (κ2) is 6.80. The molecule has 1 fully saturated rings. The first-order chi connectivity index (χ1) is 12.2. The van der Waals surface area contributed by atoms with E-state index in [-0.39, 0.29) is 5.91 Å². The van der Waals surface area contributed by atoms with Crippen LogP contribution in [0.2, 0.25) is 5.02 Å². The summed E-state index contributed by atoms with van der Waals surface area (Å²) < 4.78 is 11.1. The van der Waals surface area contributed by atoms with E-state index in [1.807, 2.05) is 23.1 Å². The van der Waals surface area contributed by atoms with Gasteiger partial charge in [0.05, 0.1) is 5.02 Å². The van der Waals surface area contributed by atoms with Crippen LogP contribution in [0.5, 0.6) is 11.5 Å². The Bertz CT molecular complexity index is 777. The number of halogens is 1. The fraction of sp³-hybridized carbons (Fsp3) is 0.333. The van der Waals surface area contributed by atoms with E-state index in [1.165, 1.54) is 0 Å². The van der Waals surface area contributed by atoms with E-state index < -0.39 is 0 Å². The van der Waals surface area contributed by atoms with Gasteiger partial charge in [-0.3, -0.25) is 4.79 Å². The number of hydrogen-bond acceptors (Lipinski definition) is 5. The largest absolute Gasteiger partial charge is 0.486 e. The van der Waals surface area contributed by atoms with Crippen LogP contribution in [0.4, 0.5) is 5.82 Å². The standard InChI is InChI=1S/C18H18ClN3O3/c19-14-11-13(12-15-17(14)25-10-9-24-15)18(23)22-7-5-21(6-8-22)16-3-1-2-4-20-16/h1-4,11-12H,5-10H2. The van der Waals surface area contributed by atoms with E-state index in [4.69, 9.17) is 21.1 Å². The predicted molar refractivity (Wildman–Crippen MR) is 94.8 cm³/mol. The molecule has 1 aromatic heterocycles. The Morgan fingerprint density at radius 3 is 2.64 bits per heavy atom. The van der Waals surface area contributed by atoms with Gasteiger partial charge in [0.25, 0.3) is 5.91 Å². The van der Waals surface area contributed by atoms with E-state index in [0.717, 1.165) is 18.9 Å². The van der Waals surface area contributed by atoms with E-state index in [2.05, 4.69) is 9.88 Å². The zero-order valence-electron chi connectivity index (χ0n) is 13.7. The number of carbonyl (C=O) groups excluding carboxylic acids is 1. The molecule has 2 aliphatic heterocycles. The average Bonchev–Trinajstić information content (AvgIpc) is 2.68. The molecule has 25 heavy (non-hydrogen) atoms. The van der Waals surface area contributed by atoms with E-state index in [9.17, 15) is 4.79 Å². The van der Waals surface area contributed by atoms with Gasteiger partial charge in [-0.25, -0.2) is 4.98 Å². The molecule has 0 radical (unpaired) electrons. The Balaban J connectivity index is 1.47. The van der Waals surface area contributed by atoms with Gasteiger partial charge in [-0.05, 0) is 24.3 Å². The van der Waals surface area contributed by atoms with Crippen molar-refractivity contribution < 1.29 is 14.3 Å². The summed E-state index contributed by atoms with van der Waals surface area (Å²) in [5.41, 5.74) is 0.528. The van der Waals surface area contributed by atoms with Crippen molar-refractivity contribution in [2.45, 2.75) is 0 Å². The SMILES string of the molecule is O=C(c1cc(Cl)c2c(c1)OCCO2)N1CCN(c2ccccn2)CC1. The molecule has 3 heterocycles. The number of benzene rings is 1. The minimum absolute atomic E-state index is 0.0421. The van der Waals surface area contributed by atoms with Crippen molar-refractivity contribution in [3.05, 3.63) is 47.1 Å². The summed E-state index contributed by atoms with van der Waals surface area (Å²) in [6, 6.07) is 9.22. The first kappa shape index (κ1) is 16.0. The summed E-state index contributed by atoms with van der Waals surface area (Å²) in [6.07, 6.45) is 1.78. The first-order valence-electron chi connectivity index (χ1n) is 8.27. The molecule has 0 saturated carbocycles. The maximum absolute atomic E-state index is 12.8. The van der Waals surface area contributed by atoms with Crippen LogP contribution in [0.3, 0.4) is 0 Å². The molecule has 0 N–H and O–H groups in total. The molecule has 2 aliphatic rings. The number of pyridine rings is 1. The van der Waals surface area contributed by atoms with Gasteiger partial charge in [-0.15, -0.1) is 0 Å². The molecule has 7 heteroatoms. The number of amides is 1. The highest BCUT2D eigenvalue weighted by Crippen LogP contribution is 2.38. The molecule has 1 aromatic carbocycles. The number of piperazine rings is 1. The lowest BCUT2D eigenvalue weighted by molar-refractivity contribution is 0.0745. The van der Waals surface area contributed by atoms with Crippen molar-refractivity contribution in [3.8, 4) is 11.5 Å². The zero-order valence-corrected chi connectivity index (χ0v) is 14.4. The number of hydrogen-bond donors (Lipinski definition) is 0. The molecule has 0 bridgehead atoms. The van der Waals surface area contributed by atoms with Gasteiger partial charge in [-0.2, -0.15) is 0 Å². The smallest absolute Gasteiger partial charge is 0.254 e. The number of nitrogens with zero attached hydrogens (tertiary/aromatic N) is 3. The molecule has 0 aliphatic carbocycles. The zero-order chi connectivity index (χ0) is 17.2. The molecule has 0 spiro atoms. The molecule has 2 aromatic rings. The lowest BCUT2D eigenvalue weighted by atomic mass is 10.1. The van der Waals surface area contributed by atoms with Gasteiger partial charge in [0, 0.05) is 37.9 Å². The first-order valence-corrected chi connectivity index (χ1v) is 8.64. The van der Waals surface area contributed by atoms with Crippen molar-refractivity contribution in [2.24, 2.45) is 0 Å². The summed E-state index contributed by atoms with van der Waals surface area (Å²) in [4.78, 5) is 21.2. The number of rotatable bonds is 2. The topological polar surface area (TPSA) is 54.9 Å². The van der Waals surface area contributed by atoms with Crippen molar-refractivity contribution >= 4 is 23.3 Å². The Morgan fingerprint density at radius 2 is 1.88 bits per heavy atom. The second-order valence-corrected chi connectivity index (χ2v) is 6.36. The number of carbonyl (C=O) groups is 1. The summed E-state index contributed by atoms with van der Waals surface area (Å²) in [6.45, 7) is 3.71. The molecule has 6 nitrogen and oxygen atoms in total. The maximum Gasteiger partial charge on any atom is 0.254 e. The fourth-order valence-corrected chi connectivity index (χ4v) is 3.36. The lowest BCUT2D eigenvalue weighted by Crippen LogP contribution is -2.49. The number of ether oxygens (including phenoxy) is 2. The van der Waals surface area contributed by atoms with Gasteiger partial charge in [-0.1, -0.05) is 17.7 Å². The van der Waals surface area contributed by atoms with Crippen molar-refractivity contribution in [1.82, 2.24) is 9.88 Å². The van der Waals surface area contributed by atoms with Crippen LogP contribution < -0.4 is 14.4 Å². The highest BCUT2D eigenvalue weighted by molar-refractivity contribution is 6.32. The average molecular weight is 360 g/mol. The maximum atomic E-state index is 12.8. The van der Waals surface area contributed by atoms with Crippen LogP contribution in [-0.4, -0.2) is 55.2 Å². The molecule has 1 amide bonds. The normalized spacial score (nSPS) is 16.7. The van der Waals surface area contributed by atoms with Gasteiger partial charge >= 0.3 is 0 Å². The molecular weight excluding hydrogens is 342 g/mol. The molecular formula is C18H18ClN3O3. The van der Waals surface area contributed by atoms with Crippen LogP contribution in [0.1, 0.15) is 10.4 Å². The highest BCUT2D eigenvalue weighted by atomic mass is 35.5. The number of anilines is 1. The number of aromatic nitrogens is 1. The molecule has 0 atom stereocenters. The van der Waals surface area contributed by atoms with Gasteiger partial charge in [0.2, 0.25) is 0 Å². The summed E-state index contributed by atoms with van der Waals surface area (Å²) in [5, 5.41) is 0.410. The Kier molecular flexibility index (Phi) is 4.36. The fourth-order valence-electron chi connectivity index (χ4n) is 3.10. The summed E-state index contributed by atoms with van der Waals surface area (Å²) >= 11 is 6.24. The lowest BCUT2D eigenvalue weighted by Gasteiger charge is -2.35. The molecule has 0 unspecified atom stereocenters. The van der Waals surface area contributed by atoms with Gasteiger partial charge < -0.3 is 19.3 Å². The monoisotopic (exact) mass is 359 g/mol. The minimum Gasteiger partial charge on any atom is -0.486 e. The van der Waals surface area contributed by atoms with Crippen molar-refractivity contribution in [2.75, 3.05) is 44.3 Å². The highest BCUT2D eigenvalue weighted by Gasteiger charge is 2.25. The molecule has 1 saturated heterocycles. The van der Waals surface area contributed by atoms with Crippen LogP contribution in [0, 0.1) is 0 Å². The van der Waals surface area contributed by atoms with Crippen molar-refractivity contribution in [1.29, 1.82) is 0 Å². The Labute approximate surface area is 150 Å². The van der Waals surface area contributed by atoms with Crippen LogP contribution in [-0.2, 0) is 0 Å². The van der Waals surface area contributed by atoms with E-state index in [0.29, 0.717) is 48.4 Å². The van der Waals surface area contributed by atoms with Gasteiger partial charge in [0.15, 0.2) is 11.5 Å². The van der Waals surface area contributed by atoms with Crippen molar-refractivity contribution in [3.63, 3.8) is 0 Å². The Hall–Kier alpha value is -2.47. The van der Waals surface area contributed by atoms with Crippen LogP contribution in [0.15, 0.2) is 36.5 Å². The van der Waals surface area contributed by atoms with Gasteiger partial charge in [0.1, 0.15) is 19.0 Å². The Morgan fingerprint density at radius 1 is 1.08 bits per heavy atom.